The topological polar surface area (TPSA) is 93.2 Å². The molecule has 27 heavy (non-hydrogen) atoms. The summed E-state index contributed by atoms with van der Waals surface area (Å²) in [7, 11) is 1.28. The second kappa shape index (κ2) is 8.05. The largest absolute Gasteiger partial charge is 0.465 e. The third-order valence-corrected chi connectivity index (χ3v) is 3.54. The van der Waals surface area contributed by atoms with E-state index in [1.807, 2.05) is 0 Å². The van der Waals surface area contributed by atoms with Crippen LogP contribution in [0.15, 0.2) is 60.9 Å². The first-order valence-corrected chi connectivity index (χ1v) is 7.89. The molecule has 1 heterocycles. The predicted octanol–water partition coefficient (Wildman–Crippen LogP) is 3.40. The lowest BCUT2D eigenvalue weighted by atomic mass is 10.2. The fourth-order valence-corrected chi connectivity index (χ4v) is 2.23. The van der Waals surface area contributed by atoms with E-state index in [2.05, 4.69) is 25.3 Å². The summed E-state index contributed by atoms with van der Waals surface area (Å²) in [6.45, 7) is 0. The van der Waals surface area contributed by atoms with Gasteiger partial charge in [-0.05, 0) is 42.5 Å². The van der Waals surface area contributed by atoms with Gasteiger partial charge in [0.05, 0.1) is 25.1 Å². The van der Waals surface area contributed by atoms with Crippen molar-refractivity contribution in [3.05, 3.63) is 78.0 Å². The van der Waals surface area contributed by atoms with Gasteiger partial charge >= 0.3 is 5.97 Å². The van der Waals surface area contributed by atoms with Crippen LogP contribution in [0.4, 0.5) is 21.6 Å². The zero-order chi connectivity index (χ0) is 19.2. The van der Waals surface area contributed by atoms with E-state index in [1.54, 1.807) is 30.3 Å². The first kappa shape index (κ1) is 18.0. The van der Waals surface area contributed by atoms with Gasteiger partial charge in [0.25, 0.3) is 5.91 Å². The van der Waals surface area contributed by atoms with Gasteiger partial charge in [-0.25, -0.2) is 19.2 Å². The molecule has 0 bridgehead atoms. The minimum Gasteiger partial charge on any atom is -0.465 e. The van der Waals surface area contributed by atoms with Gasteiger partial charge in [0.2, 0.25) is 0 Å². The normalized spacial score (nSPS) is 10.1. The van der Waals surface area contributed by atoms with Crippen LogP contribution >= 0.6 is 0 Å². The van der Waals surface area contributed by atoms with Crippen molar-refractivity contribution in [1.29, 1.82) is 0 Å². The highest BCUT2D eigenvalue weighted by Crippen LogP contribution is 2.15. The molecular formula is C19H15FN4O3. The Labute approximate surface area is 154 Å². The van der Waals surface area contributed by atoms with Crippen LogP contribution in [0.25, 0.3) is 0 Å². The molecule has 3 rings (SSSR count). The van der Waals surface area contributed by atoms with Gasteiger partial charge in [-0.15, -0.1) is 0 Å². The summed E-state index contributed by atoms with van der Waals surface area (Å²) in [5.74, 6) is -0.902. The fourth-order valence-electron chi connectivity index (χ4n) is 2.23. The summed E-state index contributed by atoms with van der Waals surface area (Å²) in [6, 6.07) is 12.1. The average Bonchev–Trinajstić information content (AvgIpc) is 2.70. The van der Waals surface area contributed by atoms with Crippen LogP contribution in [0, 0.1) is 5.82 Å². The zero-order valence-electron chi connectivity index (χ0n) is 14.3. The van der Waals surface area contributed by atoms with Crippen LogP contribution < -0.4 is 10.6 Å². The first-order chi connectivity index (χ1) is 13.0. The Morgan fingerprint density at radius 3 is 2.44 bits per heavy atom. The van der Waals surface area contributed by atoms with Gasteiger partial charge < -0.3 is 15.4 Å². The predicted molar refractivity (Wildman–Crippen MR) is 97.4 cm³/mol. The summed E-state index contributed by atoms with van der Waals surface area (Å²) in [5.41, 5.74) is 1.49. The van der Waals surface area contributed by atoms with Crippen molar-refractivity contribution in [1.82, 2.24) is 9.97 Å². The maximum Gasteiger partial charge on any atom is 0.337 e. The van der Waals surface area contributed by atoms with Crippen molar-refractivity contribution in [2.24, 2.45) is 0 Å². The van der Waals surface area contributed by atoms with E-state index in [9.17, 15) is 14.0 Å². The van der Waals surface area contributed by atoms with E-state index >= 15 is 0 Å². The van der Waals surface area contributed by atoms with Crippen LogP contribution in [0.1, 0.15) is 20.8 Å². The van der Waals surface area contributed by atoms with Crippen LogP contribution in [0.2, 0.25) is 0 Å². The molecule has 8 heteroatoms. The van der Waals surface area contributed by atoms with Crippen LogP contribution in [-0.2, 0) is 4.74 Å². The Morgan fingerprint density at radius 1 is 1.00 bits per heavy atom. The molecule has 2 N–H and O–H groups in total. The number of amides is 1. The van der Waals surface area contributed by atoms with E-state index in [4.69, 9.17) is 0 Å². The molecule has 1 amide bonds. The molecule has 0 fully saturated rings. The third-order valence-electron chi connectivity index (χ3n) is 3.54. The molecule has 0 radical (unpaired) electrons. The summed E-state index contributed by atoms with van der Waals surface area (Å²) < 4.78 is 17.6. The van der Waals surface area contributed by atoms with E-state index < -0.39 is 11.9 Å². The van der Waals surface area contributed by atoms with Crippen LogP contribution in [0.5, 0.6) is 0 Å². The number of nitrogens with zero attached hydrogens (tertiary/aromatic N) is 2. The molecule has 0 spiro atoms. The molecule has 0 saturated carbocycles. The molecule has 2 aromatic carbocycles. The summed E-state index contributed by atoms with van der Waals surface area (Å²) in [5, 5.41) is 5.59. The quantitative estimate of drug-likeness (QED) is 0.672. The zero-order valence-corrected chi connectivity index (χ0v) is 14.3. The number of anilines is 3. The summed E-state index contributed by atoms with van der Waals surface area (Å²) >= 11 is 0. The molecular weight excluding hydrogens is 351 g/mol. The highest BCUT2D eigenvalue weighted by atomic mass is 19.1. The number of ether oxygens (including phenoxy) is 1. The smallest absolute Gasteiger partial charge is 0.337 e. The van der Waals surface area contributed by atoms with Crippen LogP contribution in [0.3, 0.4) is 0 Å². The number of esters is 1. The molecule has 0 unspecified atom stereocenters. The Morgan fingerprint density at radius 2 is 1.78 bits per heavy atom. The van der Waals surface area contributed by atoms with Crippen LogP contribution in [-0.4, -0.2) is 29.0 Å². The number of rotatable bonds is 5. The van der Waals surface area contributed by atoms with Crippen molar-refractivity contribution in [3.8, 4) is 0 Å². The number of hydrogen-bond donors (Lipinski definition) is 2. The summed E-state index contributed by atoms with van der Waals surface area (Å²) in [6.07, 6.45) is 2.70. The number of halogens is 1. The molecule has 7 nitrogen and oxygen atoms in total. The number of carbonyl (C=O) groups is 2. The molecule has 3 aromatic rings. The Kier molecular flexibility index (Phi) is 5.36. The van der Waals surface area contributed by atoms with E-state index in [1.165, 1.54) is 37.7 Å². The number of hydrogen-bond acceptors (Lipinski definition) is 6. The molecule has 1 aromatic heterocycles. The van der Waals surface area contributed by atoms with Gasteiger partial charge in [-0.3, -0.25) is 4.79 Å². The Bertz CT molecular complexity index is 959. The highest BCUT2D eigenvalue weighted by Gasteiger charge is 2.11. The molecule has 0 atom stereocenters. The SMILES string of the molecule is COC(=O)c1cccc(NC(=O)c2cnc(Nc3ccc(F)cc3)cn2)c1. The maximum atomic E-state index is 12.9. The first-order valence-electron chi connectivity index (χ1n) is 7.89. The minimum atomic E-state index is -0.498. The molecule has 0 aliphatic heterocycles. The van der Waals surface area contributed by atoms with Crippen molar-refractivity contribution in [3.63, 3.8) is 0 Å². The fraction of sp³-hybridized carbons (Fsp3) is 0.0526. The van der Waals surface area contributed by atoms with Gasteiger partial charge in [-0.2, -0.15) is 0 Å². The average molecular weight is 366 g/mol. The summed E-state index contributed by atoms with van der Waals surface area (Å²) in [4.78, 5) is 32.0. The maximum absolute atomic E-state index is 12.9. The number of benzene rings is 2. The second-order valence-corrected chi connectivity index (χ2v) is 5.45. The molecule has 0 saturated heterocycles. The number of carbonyl (C=O) groups excluding carboxylic acids is 2. The standard InChI is InChI=1S/C19H15FN4O3/c1-27-19(26)12-3-2-4-15(9-12)24-18(25)16-10-22-17(11-21-16)23-14-7-5-13(20)6-8-14/h2-11H,1H3,(H,22,23)(H,24,25). The Balaban J connectivity index is 1.67. The number of methoxy groups -OCH3 is 1. The molecule has 0 aliphatic carbocycles. The number of aromatic nitrogens is 2. The lowest BCUT2D eigenvalue weighted by molar-refractivity contribution is 0.0600. The van der Waals surface area contributed by atoms with Crippen molar-refractivity contribution >= 4 is 29.1 Å². The molecule has 136 valence electrons. The lowest BCUT2D eigenvalue weighted by Gasteiger charge is -2.08. The van der Waals surface area contributed by atoms with Crippen molar-refractivity contribution in [2.45, 2.75) is 0 Å². The van der Waals surface area contributed by atoms with E-state index in [-0.39, 0.29) is 11.5 Å². The second-order valence-electron chi connectivity index (χ2n) is 5.45. The van der Waals surface area contributed by atoms with Gasteiger partial charge in [0.1, 0.15) is 17.3 Å². The van der Waals surface area contributed by atoms with Gasteiger partial charge in [-0.1, -0.05) is 6.07 Å². The monoisotopic (exact) mass is 366 g/mol. The lowest BCUT2D eigenvalue weighted by Crippen LogP contribution is -2.14. The molecule has 0 aliphatic rings. The van der Waals surface area contributed by atoms with Crippen molar-refractivity contribution < 1.29 is 18.7 Å². The van der Waals surface area contributed by atoms with Gasteiger partial charge in [0, 0.05) is 11.4 Å². The van der Waals surface area contributed by atoms with E-state index in [0.29, 0.717) is 22.8 Å². The third kappa shape index (κ3) is 4.63. The minimum absolute atomic E-state index is 0.100. The van der Waals surface area contributed by atoms with Gasteiger partial charge in [0.15, 0.2) is 0 Å². The van der Waals surface area contributed by atoms with E-state index in [0.717, 1.165) is 0 Å². The highest BCUT2D eigenvalue weighted by molar-refractivity contribution is 6.03. The Hall–Kier alpha value is -3.81. The van der Waals surface area contributed by atoms with Crippen molar-refractivity contribution in [2.75, 3.05) is 17.7 Å². The number of nitrogens with one attached hydrogen (secondary N) is 2.